The maximum Gasteiger partial charge on any atom is 0.338 e. The zero-order valence-corrected chi connectivity index (χ0v) is 24.9. The molecule has 1 aliphatic heterocycles. The molecule has 0 aromatic heterocycles. The number of nitrogens with zero attached hydrogens (tertiary/aromatic N) is 1. The van der Waals surface area contributed by atoms with E-state index in [0.29, 0.717) is 40.1 Å². The van der Waals surface area contributed by atoms with E-state index in [0.717, 1.165) is 15.6 Å². The molecule has 0 saturated heterocycles. The Hall–Kier alpha value is -4.22. The van der Waals surface area contributed by atoms with Crippen molar-refractivity contribution in [1.82, 2.24) is 16.1 Å². The second-order valence-corrected chi connectivity index (χ2v) is 10.1. The Morgan fingerprint density at radius 2 is 1.80 bits per heavy atom. The molecule has 0 unspecified atom stereocenters. The highest BCUT2D eigenvalue weighted by molar-refractivity contribution is 9.10. The zero-order valence-electron chi connectivity index (χ0n) is 22.5. The Balaban J connectivity index is 1.35. The second kappa shape index (κ2) is 14.4. The van der Waals surface area contributed by atoms with Crippen LogP contribution < -0.4 is 25.5 Å². The Morgan fingerprint density at radius 1 is 1.05 bits per heavy atom. The molecule has 0 bridgehead atoms. The van der Waals surface area contributed by atoms with Crippen molar-refractivity contribution in [2.24, 2.45) is 5.10 Å². The van der Waals surface area contributed by atoms with Gasteiger partial charge in [-0.1, -0.05) is 48.5 Å². The maximum absolute atomic E-state index is 12.7. The maximum atomic E-state index is 12.7. The second-order valence-electron chi connectivity index (χ2n) is 8.87. The SMILES string of the molecule is CCOC(=O)C1=C(C)NC(=S)N[C@@H]1c1ccccc1OCC(=O)NN=Cc1ccc(OCc2ccccc2)c(Br)c1. The van der Waals surface area contributed by atoms with Crippen LogP contribution in [0.2, 0.25) is 0 Å². The molecular weight excluding hydrogens is 608 g/mol. The number of benzene rings is 3. The largest absolute Gasteiger partial charge is 0.488 e. The number of allylic oxidation sites excluding steroid dienone is 1. The first-order valence-corrected chi connectivity index (χ1v) is 14.0. The van der Waals surface area contributed by atoms with E-state index >= 15 is 0 Å². The average molecular weight is 638 g/mol. The van der Waals surface area contributed by atoms with Gasteiger partial charge in [-0.05, 0) is 77.4 Å². The highest BCUT2D eigenvalue weighted by atomic mass is 79.9. The van der Waals surface area contributed by atoms with Crippen LogP contribution in [0.1, 0.15) is 36.6 Å². The van der Waals surface area contributed by atoms with E-state index in [-0.39, 0.29) is 13.2 Å². The number of ether oxygens (including phenoxy) is 3. The van der Waals surface area contributed by atoms with Crippen LogP contribution >= 0.6 is 28.1 Å². The summed E-state index contributed by atoms with van der Waals surface area (Å²) in [7, 11) is 0. The first kappa shape index (κ1) is 29.8. The van der Waals surface area contributed by atoms with Gasteiger partial charge in [0.15, 0.2) is 11.7 Å². The van der Waals surface area contributed by atoms with E-state index < -0.39 is 17.9 Å². The van der Waals surface area contributed by atoms with Crippen LogP contribution in [0, 0.1) is 0 Å². The van der Waals surface area contributed by atoms with Gasteiger partial charge < -0.3 is 24.8 Å². The lowest BCUT2D eigenvalue weighted by Gasteiger charge is -2.30. The van der Waals surface area contributed by atoms with E-state index in [1.54, 1.807) is 32.0 Å². The van der Waals surface area contributed by atoms with Gasteiger partial charge in [-0.2, -0.15) is 5.10 Å². The number of hydrogen-bond acceptors (Lipinski definition) is 7. The number of esters is 1. The first-order valence-electron chi connectivity index (χ1n) is 12.8. The van der Waals surface area contributed by atoms with Crippen LogP contribution in [0.25, 0.3) is 0 Å². The van der Waals surface area contributed by atoms with Crippen LogP contribution in [0.15, 0.2) is 93.6 Å². The lowest BCUT2D eigenvalue weighted by atomic mass is 9.95. The Labute approximate surface area is 252 Å². The number of hydrogen-bond donors (Lipinski definition) is 3. The number of para-hydroxylation sites is 1. The van der Waals surface area contributed by atoms with Gasteiger partial charge in [0, 0.05) is 11.3 Å². The summed E-state index contributed by atoms with van der Waals surface area (Å²) >= 11 is 8.83. The molecule has 1 aliphatic rings. The number of amides is 1. The smallest absolute Gasteiger partial charge is 0.338 e. The molecule has 0 saturated carbocycles. The van der Waals surface area contributed by atoms with Crippen molar-refractivity contribution in [2.45, 2.75) is 26.5 Å². The van der Waals surface area contributed by atoms with Gasteiger partial charge in [-0.25, -0.2) is 10.2 Å². The number of halogens is 1. The van der Waals surface area contributed by atoms with Crippen molar-refractivity contribution in [3.8, 4) is 11.5 Å². The highest BCUT2D eigenvalue weighted by Gasteiger charge is 2.32. The van der Waals surface area contributed by atoms with Crippen molar-refractivity contribution in [2.75, 3.05) is 13.2 Å². The van der Waals surface area contributed by atoms with E-state index in [1.165, 1.54) is 6.21 Å². The average Bonchev–Trinajstić information content (AvgIpc) is 2.96. The van der Waals surface area contributed by atoms with Gasteiger partial charge in [0.1, 0.15) is 18.1 Å². The van der Waals surface area contributed by atoms with Gasteiger partial charge >= 0.3 is 5.97 Å². The van der Waals surface area contributed by atoms with Crippen molar-refractivity contribution in [3.05, 3.63) is 105 Å². The van der Waals surface area contributed by atoms with Crippen LogP contribution in [0.5, 0.6) is 11.5 Å². The molecule has 11 heteroatoms. The van der Waals surface area contributed by atoms with Crippen LogP contribution in [-0.4, -0.2) is 36.4 Å². The lowest BCUT2D eigenvalue weighted by molar-refractivity contribution is -0.139. The number of carbonyl (C=O) groups excluding carboxylic acids is 2. The number of nitrogens with one attached hydrogen (secondary N) is 3. The third-order valence-corrected chi connectivity index (χ3v) is 6.79. The molecule has 0 aliphatic carbocycles. The third-order valence-electron chi connectivity index (χ3n) is 5.95. The molecular formula is C30H29BrN4O5S. The van der Waals surface area contributed by atoms with E-state index in [2.05, 4.69) is 37.1 Å². The van der Waals surface area contributed by atoms with Gasteiger partial charge in [0.25, 0.3) is 5.91 Å². The molecule has 0 fully saturated rings. The van der Waals surface area contributed by atoms with Crippen molar-refractivity contribution >= 4 is 51.4 Å². The van der Waals surface area contributed by atoms with Gasteiger partial charge in [0.05, 0.1) is 28.9 Å². The summed E-state index contributed by atoms with van der Waals surface area (Å²) in [4.78, 5) is 25.2. The molecule has 1 atom stereocenters. The minimum absolute atomic E-state index is 0.231. The van der Waals surface area contributed by atoms with Crippen LogP contribution in [0.4, 0.5) is 0 Å². The van der Waals surface area contributed by atoms with Gasteiger partial charge in [-0.15, -0.1) is 0 Å². The molecule has 3 N–H and O–H groups in total. The summed E-state index contributed by atoms with van der Waals surface area (Å²) in [5, 5.41) is 10.5. The molecule has 1 amide bonds. The summed E-state index contributed by atoms with van der Waals surface area (Å²) in [6, 6.07) is 21.9. The van der Waals surface area contributed by atoms with Crippen molar-refractivity contribution < 1.29 is 23.8 Å². The summed E-state index contributed by atoms with van der Waals surface area (Å²) in [5.74, 6) is 0.187. The van der Waals surface area contributed by atoms with E-state index in [9.17, 15) is 9.59 Å². The first-order chi connectivity index (χ1) is 19.9. The fraction of sp³-hybridized carbons (Fsp3) is 0.200. The molecule has 4 rings (SSSR count). The molecule has 9 nitrogen and oxygen atoms in total. The van der Waals surface area contributed by atoms with Crippen LogP contribution in [0.3, 0.4) is 0 Å². The van der Waals surface area contributed by atoms with E-state index in [4.69, 9.17) is 26.4 Å². The molecule has 212 valence electrons. The summed E-state index contributed by atoms with van der Waals surface area (Å²) in [6.07, 6.45) is 1.52. The summed E-state index contributed by atoms with van der Waals surface area (Å²) < 4.78 is 17.7. The quantitative estimate of drug-likeness (QED) is 0.118. The fourth-order valence-corrected chi connectivity index (χ4v) is 4.84. The molecule has 0 radical (unpaired) electrons. The lowest BCUT2D eigenvalue weighted by Crippen LogP contribution is -2.45. The summed E-state index contributed by atoms with van der Waals surface area (Å²) in [5.41, 5.74) is 5.90. The summed E-state index contributed by atoms with van der Waals surface area (Å²) in [6.45, 7) is 3.88. The third kappa shape index (κ3) is 8.15. The minimum Gasteiger partial charge on any atom is -0.488 e. The number of thiocarbonyl (C=S) groups is 1. The monoisotopic (exact) mass is 636 g/mol. The van der Waals surface area contributed by atoms with Gasteiger partial charge in [0.2, 0.25) is 0 Å². The predicted molar refractivity (Wildman–Crippen MR) is 164 cm³/mol. The van der Waals surface area contributed by atoms with E-state index in [1.807, 2.05) is 54.6 Å². The molecule has 3 aromatic rings. The zero-order chi connectivity index (χ0) is 29.2. The number of hydrazone groups is 1. The Morgan fingerprint density at radius 3 is 2.56 bits per heavy atom. The Kier molecular flexibility index (Phi) is 10.5. The highest BCUT2D eigenvalue weighted by Crippen LogP contribution is 2.33. The normalized spacial score (nSPS) is 14.7. The molecule has 3 aromatic carbocycles. The topological polar surface area (TPSA) is 110 Å². The number of rotatable bonds is 11. The predicted octanol–water partition coefficient (Wildman–Crippen LogP) is 4.91. The molecule has 0 spiro atoms. The van der Waals surface area contributed by atoms with Gasteiger partial charge in [-0.3, -0.25) is 4.79 Å². The number of carbonyl (C=O) groups is 2. The van der Waals surface area contributed by atoms with Crippen molar-refractivity contribution in [1.29, 1.82) is 0 Å². The molecule has 1 heterocycles. The Bertz CT molecular complexity index is 1480. The van der Waals surface area contributed by atoms with Crippen LogP contribution in [-0.2, 0) is 20.9 Å². The standard InChI is InChI=1S/C30H29BrN4O5S/c1-3-38-29(37)27-19(2)33-30(41)34-28(27)22-11-7-8-12-24(22)40-18-26(36)35-32-16-21-13-14-25(23(31)15-21)39-17-20-9-5-4-6-10-20/h4-16,28H,3,17-18H2,1-2H3,(H,35,36)(H2,33,34,41)/t28-/m1/s1. The molecule has 41 heavy (non-hydrogen) atoms. The van der Waals surface area contributed by atoms with Crippen molar-refractivity contribution in [3.63, 3.8) is 0 Å². The minimum atomic E-state index is -0.613. The fourth-order valence-electron chi connectivity index (χ4n) is 4.06.